The first kappa shape index (κ1) is 13.3. The first-order valence-electron chi connectivity index (χ1n) is 6.67. The molecule has 18 heavy (non-hydrogen) atoms. The van der Waals surface area contributed by atoms with Crippen molar-refractivity contribution in [3.63, 3.8) is 0 Å². The van der Waals surface area contributed by atoms with Crippen LogP contribution in [0.1, 0.15) is 25.7 Å². The first-order chi connectivity index (χ1) is 8.50. The zero-order valence-corrected chi connectivity index (χ0v) is 11.1. The summed E-state index contributed by atoms with van der Waals surface area (Å²) in [5.74, 6) is -0.242. The molecule has 0 aromatic carbocycles. The Morgan fingerprint density at radius 2 is 2.06 bits per heavy atom. The van der Waals surface area contributed by atoms with Crippen molar-refractivity contribution in [3.8, 4) is 0 Å². The van der Waals surface area contributed by atoms with Gasteiger partial charge in [-0.3, -0.25) is 4.79 Å². The summed E-state index contributed by atoms with van der Waals surface area (Å²) < 4.78 is 0. The molecular formula is C13H22N2O3. The van der Waals surface area contributed by atoms with Gasteiger partial charge in [0.05, 0.1) is 0 Å². The molecule has 1 amide bonds. The second-order valence-electron chi connectivity index (χ2n) is 5.74. The third-order valence-corrected chi connectivity index (χ3v) is 4.24. The Bertz CT molecular complexity index is 343. The fourth-order valence-electron chi connectivity index (χ4n) is 3.34. The Morgan fingerprint density at radius 1 is 1.33 bits per heavy atom. The molecule has 5 heteroatoms. The third-order valence-electron chi connectivity index (χ3n) is 4.24. The van der Waals surface area contributed by atoms with Gasteiger partial charge in [0, 0.05) is 19.5 Å². The van der Waals surface area contributed by atoms with Crippen molar-refractivity contribution in [1.82, 2.24) is 9.80 Å². The van der Waals surface area contributed by atoms with Gasteiger partial charge in [-0.25, -0.2) is 4.79 Å². The van der Waals surface area contributed by atoms with Gasteiger partial charge in [0.2, 0.25) is 5.91 Å². The molecule has 1 saturated carbocycles. The van der Waals surface area contributed by atoms with Crippen molar-refractivity contribution in [2.75, 3.05) is 27.2 Å². The molecule has 0 bridgehead atoms. The molecule has 1 heterocycles. The van der Waals surface area contributed by atoms with Gasteiger partial charge in [0.1, 0.15) is 6.04 Å². The number of carboxylic acids is 1. The number of hydrogen-bond acceptors (Lipinski definition) is 3. The molecule has 5 nitrogen and oxygen atoms in total. The maximum Gasteiger partial charge on any atom is 0.326 e. The van der Waals surface area contributed by atoms with Crippen LogP contribution in [0.4, 0.5) is 0 Å². The van der Waals surface area contributed by atoms with Crippen LogP contribution in [0.3, 0.4) is 0 Å². The van der Waals surface area contributed by atoms with E-state index in [1.54, 1.807) is 4.90 Å². The Balaban J connectivity index is 2.03. The second-order valence-corrected chi connectivity index (χ2v) is 5.74. The van der Waals surface area contributed by atoms with Gasteiger partial charge in [-0.05, 0) is 38.8 Å². The van der Waals surface area contributed by atoms with Gasteiger partial charge in [-0.2, -0.15) is 0 Å². The average molecular weight is 254 g/mol. The summed E-state index contributed by atoms with van der Waals surface area (Å²) in [7, 11) is 3.83. The topological polar surface area (TPSA) is 60.9 Å². The number of rotatable bonds is 4. The highest BCUT2D eigenvalue weighted by Gasteiger charge is 2.49. The minimum atomic E-state index is -0.831. The van der Waals surface area contributed by atoms with Crippen molar-refractivity contribution in [1.29, 1.82) is 0 Å². The maximum absolute atomic E-state index is 12.1. The van der Waals surface area contributed by atoms with Crippen LogP contribution < -0.4 is 0 Å². The van der Waals surface area contributed by atoms with Gasteiger partial charge >= 0.3 is 5.97 Å². The third kappa shape index (κ3) is 2.51. The van der Waals surface area contributed by atoms with Crippen LogP contribution in [0.5, 0.6) is 0 Å². The molecular weight excluding hydrogens is 232 g/mol. The number of aliphatic carboxylic acids is 1. The molecule has 2 fully saturated rings. The maximum atomic E-state index is 12.1. The van der Waals surface area contributed by atoms with E-state index >= 15 is 0 Å². The van der Waals surface area contributed by atoms with Crippen LogP contribution in [-0.2, 0) is 9.59 Å². The summed E-state index contributed by atoms with van der Waals surface area (Å²) >= 11 is 0. The van der Waals surface area contributed by atoms with E-state index in [1.165, 1.54) is 0 Å². The Hall–Kier alpha value is -1.10. The van der Waals surface area contributed by atoms with E-state index in [2.05, 4.69) is 0 Å². The van der Waals surface area contributed by atoms with Crippen molar-refractivity contribution in [2.24, 2.45) is 11.8 Å². The molecule has 1 N–H and O–H groups in total. The highest BCUT2D eigenvalue weighted by molar-refractivity contribution is 5.84. The van der Waals surface area contributed by atoms with E-state index in [4.69, 9.17) is 0 Å². The van der Waals surface area contributed by atoms with Crippen LogP contribution in [0.15, 0.2) is 0 Å². The van der Waals surface area contributed by atoms with Gasteiger partial charge in [0.15, 0.2) is 0 Å². The van der Waals surface area contributed by atoms with E-state index in [1.807, 2.05) is 19.0 Å². The van der Waals surface area contributed by atoms with Gasteiger partial charge in [0.25, 0.3) is 0 Å². The molecule has 3 atom stereocenters. The fraction of sp³-hybridized carbons (Fsp3) is 0.846. The average Bonchev–Trinajstić information content (AvgIpc) is 2.83. The summed E-state index contributed by atoms with van der Waals surface area (Å²) in [6.45, 7) is 1.32. The number of hydrogen-bond donors (Lipinski definition) is 1. The molecule has 0 radical (unpaired) electrons. The lowest BCUT2D eigenvalue weighted by atomic mass is 9.94. The van der Waals surface area contributed by atoms with Crippen LogP contribution in [-0.4, -0.2) is 60.0 Å². The lowest BCUT2D eigenvalue weighted by molar-refractivity contribution is -0.149. The molecule has 1 aliphatic carbocycles. The van der Waals surface area contributed by atoms with Crippen LogP contribution in [0, 0.1) is 11.8 Å². The number of nitrogens with zero attached hydrogens (tertiary/aromatic N) is 2. The summed E-state index contributed by atoms with van der Waals surface area (Å²) in [4.78, 5) is 27.1. The normalized spacial score (nSPS) is 30.8. The number of carbonyl (C=O) groups is 2. The molecule has 0 spiro atoms. The van der Waals surface area contributed by atoms with Gasteiger partial charge in [-0.15, -0.1) is 0 Å². The van der Waals surface area contributed by atoms with E-state index in [9.17, 15) is 14.7 Å². The quantitative estimate of drug-likeness (QED) is 0.800. The van der Waals surface area contributed by atoms with E-state index < -0.39 is 12.0 Å². The molecule has 0 aromatic rings. The number of likely N-dealkylation sites (tertiary alicyclic amines) is 1. The summed E-state index contributed by atoms with van der Waals surface area (Å²) in [5.41, 5.74) is 0. The molecule has 1 aliphatic heterocycles. The number of fused-ring (bicyclic) bond motifs is 1. The van der Waals surface area contributed by atoms with Crippen LogP contribution >= 0.6 is 0 Å². The Labute approximate surface area is 108 Å². The molecule has 0 aromatic heterocycles. The van der Waals surface area contributed by atoms with Crippen molar-refractivity contribution in [2.45, 2.75) is 31.7 Å². The predicted molar refractivity (Wildman–Crippen MR) is 67.1 cm³/mol. The zero-order chi connectivity index (χ0) is 13.3. The lowest BCUT2D eigenvalue weighted by Crippen LogP contribution is -2.44. The molecule has 102 valence electrons. The Kier molecular flexibility index (Phi) is 3.90. The minimum Gasteiger partial charge on any atom is -0.480 e. The van der Waals surface area contributed by atoms with Crippen LogP contribution in [0.25, 0.3) is 0 Å². The monoisotopic (exact) mass is 254 g/mol. The minimum absolute atomic E-state index is 0.00880. The van der Waals surface area contributed by atoms with Crippen LogP contribution in [0.2, 0.25) is 0 Å². The summed E-state index contributed by atoms with van der Waals surface area (Å²) in [5, 5.41) is 9.35. The molecule has 2 rings (SSSR count). The first-order valence-corrected chi connectivity index (χ1v) is 6.67. The summed E-state index contributed by atoms with van der Waals surface area (Å²) in [6, 6.07) is -0.577. The van der Waals surface area contributed by atoms with Crippen molar-refractivity contribution >= 4 is 11.9 Å². The number of carbonyl (C=O) groups excluding carboxylic acids is 1. The highest BCUT2D eigenvalue weighted by Crippen LogP contribution is 2.42. The van der Waals surface area contributed by atoms with Crippen molar-refractivity contribution < 1.29 is 14.7 Å². The van der Waals surface area contributed by atoms with E-state index in [0.717, 1.165) is 19.3 Å². The predicted octanol–water partition coefficient (Wildman–Crippen LogP) is 0.650. The smallest absolute Gasteiger partial charge is 0.326 e. The fourth-order valence-corrected chi connectivity index (χ4v) is 3.34. The molecule has 1 saturated heterocycles. The standard InChI is InChI=1S/C13H22N2O3/c1-14(2)7-6-11(16)15-8-9-4-3-5-10(9)12(15)13(17)18/h9-10,12H,3-8H2,1-2H3,(H,17,18). The molecule has 2 aliphatic rings. The van der Waals surface area contributed by atoms with E-state index in [0.29, 0.717) is 25.4 Å². The number of carboxylic acid groups (broad SMARTS) is 1. The highest BCUT2D eigenvalue weighted by atomic mass is 16.4. The van der Waals surface area contributed by atoms with Gasteiger partial charge < -0.3 is 14.9 Å². The lowest BCUT2D eigenvalue weighted by Gasteiger charge is -2.25. The second kappa shape index (κ2) is 5.26. The van der Waals surface area contributed by atoms with Gasteiger partial charge in [-0.1, -0.05) is 6.42 Å². The SMILES string of the molecule is CN(C)CCC(=O)N1CC2CCCC2C1C(=O)O. The zero-order valence-electron chi connectivity index (χ0n) is 11.1. The molecule has 3 unspecified atom stereocenters. The Morgan fingerprint density at radius 3 is 2.67 bits per heavy atom. The largest absolute Gasteiger partial charge is 0.480 e. The summed E-state index contributed by atoms with van der Waals surface area (Å²) in [6.07, 6.45) is 3.56. The number of amides is 1. The van der Waals surface area contributed by atoms with E-state index in [-0.39, 0.29) is 11.8 Å². The van der Waals surface area contributed by atoms with Crippen molar-refractivity contribution in [3.05, 3.63) is 0 Å².